The predicted octanol–water partition coefficient (Wildman–Crippen LogP) is 6.14. The molecular formula is C25H23Br2N5O2. The van der Waals surface area contributed by atoms with Crippen LogP contribution in [-0.4, -0.2) is 26.8 Å². The highest BCUT2D eigenvalue weighted by Crippen LogP contribution is 2.18. The van der Waals surface area contributed by atoms with Crippen molar-refractivity contribution in [2.75, 3.05) is 10.6 Å². The molecule has 0 saturated heterocycles. The second-order valence-corrected chi connectivity index (χ2v) is 9.37. The van der Waals surface area contributed by atoms with Gasteiger partial charge in [-0.1, -0.05) is 74.3 Å². The first-order chi connectivity index (χ1) is 16.5. The zero-order chi connectivity index (χ0) is 23.9. The number of carbonyl (C=O) groups is 1. The van der Waals surface area contributed by atoms with E-state index in [1.807, 2.05) is 78.9 Å². The quantitative estimate of drug-likeness (QED) is 0.246. The van der Waals surface area contributed by atoms with Gasteiger partial charge in [-0.15, -0.1) is 5.10 Å². The molecule has 4 aromatic rings. The molecule has 0 saturated carbocycles. The van der Waals surface area contributed by atoms with Crippen LogP contribution in [0.25, 0.3) is 0 Å². The SMILES string of the molecule is C[C@H](Oc1ccccc1)C(=O)n1nc(NCc2ccc(Br)cc2)nc1NCc1ccc(Br)cc1. The number of nitrogens with one attached hydrogen (secondary N) is 2. The van der Waals surface area contributed by atoms with Gasteiger partial charge < -0.3 is 15.4 Å². The van der Waals surface area contributed by atoms with Crippen molar-refractivity contribution < 1.29 is 9.53 Å². The molecule has 1 atom stereocenters. The van der Waals surface area contributed by atoms with Gasteiger partial charge in [0.1, 0.15) is 5.75 Å². The Morgan fingerprint density at radius 1 is 0.882 bits per heavy atom. The fraction of sp³-hybridized carbons (Fsp3) is 0.160. The smallest absolute Gasteiger partial charge is 0.290 e. The third kappa shape index (κ3) is 6.45. The van der Waals surface area contributed by atoms with Crippen LogP contribution in [0.3, 0.4) is 0 Å². The molecule has 0 spiro atoms. The van der Waals surface area contributed by atoms with Crippen LogP contribution in [0.2, 0.25) is 0 Å². The van der Waals surface area contributed by atoms with Crippen LogP contribution in [0.15, 0.2) is 87.8 Å². The average molecular weight is 585 g/mol. The first kappa shape index (κ1) is 24.0. The first-order valence-electron chi connectivity index (χ1n) is 10.7. The van der Waals surface area contributed by atoms with Crippen LogP contribution in [0.1, 0.15) is 22.8 Å². The number of para-hydroxylation sites is 1. The second kappa shape index (κ2) is 11.3. The molecule has 0 unspecified atom stereocenters. The topological polar surface area (TPSA) is 81.1 Å². The molecule has 34 heavy (non-hydrogen) atoms. The lowest BCUT2D eigenvalue weighted by Gasteiger charge is -2.14. The van der Waals surface area contributed by atoms with Gasteiger partial charge in [0.15, 0.2) is 6.10 Å². The Morgan fingerprint density at radius 3 is 2.03 bits per heavy atom. The number of hydrogen-bond acceptors (Lipinski definition) is 6. The lowest BCUT2D eigenvalue weighted by molar-refractivity contribution is 0.0713. The Labute approximate surface area is 214 Å². The van der Waals surface area contributed by atoms with Crippen molar-refractivity contribution in [3.05, 3.63) is 98.9 Å². The summed E-state index contributed by atoms with van der Waals surface area (Å²) in [5, 5.41) is 10.8. The zero-order valence-electron chi connectivity index (χ0n) is 18.4. The van der Waals surface area contributed by atoms with Crippen LogP contribution in [-0.2, 0) is 13.1 Å². The summed E-state index contributed by atoms with van der Waals surface area (Å²) >= 11 is 6.88. The molecule has 4 rings (SSSR count). The maximum atomic E-state index is 13.2. The van der Waals surface area contributed by atoms with Crippen molar-refractivity contribution in [2.24, 2.45) is 0 Å². The highest BCUT2D eigenvalue weighted by atomic mass is 79.9. The summed E-state index contributed by atoms with van der Waals surface area (Å²) in [6.07, 6.45) is -0.753. The van der Waals surface area contributed by atoms with E-state index in [0.29, 0.717) is 30.7 Å². The Kier molecular flexibility index (Phi) is 7.97. The first-order valence-corrected chi connectivity index (χ1v) is 12.3. The van der Waals surface area contributed by atoms with E-state index in [1.54, 1.807) is 6.92 Å². The molecule has 1 heterocycles. The number of ether oxygens (including phenoxy) is 1. The van der Waals surface area contributed by atoms with E-state index >= 15 is 0 Å². The van der Waals surface area contributed by atoms with Gasteiger partial charge in [-0.2, -0.15) is 9.67 Å². The number of hydrogen-bond donors (Lipinski definition) is 2. The number of benzene rings is 3. The van der Waals surface area contributed by atoms with Crippen molar-refractivity contribution in [3.63, 3.8) is 0 Å². The molecule has 7 nitrogen and oxygen atoms in total. The van der Waals surface area contributed by atoms with Gasteiger partial charge in [-0.05, 0) is 54.4 Å². The van der Waals surface area contributed by atoms with Gasteiger partial charge in [-0.25, -0.2) is 0 Å². The maximum absolute atomic E-state index is 13.2. The molecule has 0 aliphatic carbocycles. The van der Waals surface area contributed by atoms with Gasteiger partial charge in [0.25, 0.3) is 5.91 Å². The minimum atomic E-state index is -0.753. The Hall–Kier alpha value is -3.17. The molecule has 0 aliphatic rings. The van der Waals surface area contributed by atoms with Gasteiger partial charge in [-0.3, -0.25) is 4.79 Å². The van der Waals surface area contributed by atoms with Crippen molar-refractivity contribution in [2.45, 2.75) is 26.1 Å². The van der Waals surface area contributed by atoms with Gasteiger partial charge in [0, 0.05) is 22.0 Å². The van der Waals surface area contributed by atoms with Gasteiger partial charge in [0.05, 0.1) is 0 Å². The summed E-state index contributed by atoms with van der Waals surface area (Å²) in [4.78, 5) is 17.7. The van der Waals surface area contributed by atoms with Crippen LogP contribution in [0.4, 0.5) is 11.9 Å². The highest BCUT2D eigenvalue weighted by Gasteiger charge is 2.23. The molecule has 0 fully saturated rings. The normalized spacial score (nSPS) is 11.6. The van der Waals surface area contributed by atoms with Gasteiger partial charge in [0.2, 0.25) is 11.9 Å². The molecule has 1 aromatic heterocycles. The fourth-order valence-corrected chi connectivity index (χ4v) is 3.68. The average Bonchev–Trinajstić information content (AvgIpc) is 3.26. The predicted molar refractivity (Wildman–Crippen MR) is 140 cm³/mol. The van der Waals surface area contributed by atoms with E-state index in [0.717, 1.165) is 20.1 Å². The van der Waals surface area contributed by atoms with E-state index in [4.69, 9.17) is 4.74 Å². The minimum absolute atomic E-state index is 0.327. The molecule has 0 radical (unpaired) electrons. The molecule has 0 bridgehead atoms. The second-order valence-electron chi connectivity index (χ2n) is 7.54. The summed E-state index contributed by atoms with van der Waals surface area (Å²) < 4.78 is 9.09. The molecular weight excluding hydrogens is 562 g/mol. The molecule has 3 aromatic carbocycles. The zero-order valence-corrected chi connectivity index (χ0v) is 21.6. The largest absolute Gasteiger partial charge is 0.481 e. The van der Waals surface area contributed by atoms with E-state index in [-0.39, 0.29) is 5.91 Å². The molecule has 0 aliphatic heterocycles. The number of rotatable bonds is 9. The summed E-state index contributed by atoms with van der Waals surface area (Å²) in [6, 6.07) is 25.1. The Balaban J connectivity index is 1.51. The molecule has 174 valence electrons. The van der Waals surface area contributed by atoms with Gasteiger partial charge >= 0.3 is 0 Å². The summed E-state index contributed by atoms with van der Waals surface area (Å²) in [7, 11) is 0. The third-order valence-corrected chi connectivity index (χ3v) is 6.00. The number of halogens is 2. The van der Waals surface area contributed by atoms with E-state index in [1.165, 1.54) is 4.68 Å². The molecule has 0 amide bonds. The highest BCUT2D eigenvalue weighted by molar-refractivity contribution is 9.10. The van der Waals surface area contributed by atoms with Crippen molar-refractivity contribution in [3.8, 4) is 5.75 Å². The van der Waals surface area contributed by atoms with E-state index in [9.17, 15) is 4.79 Å². The third-order valence-electron chi connectivity index (χ3n) is 4.95. The van der Waals surface area contributed by atoms with E-state index < -0.39 is 6.10 Å². The lowest BCUT2D eigenvalue weighted by atomic mass is 10.2. The number of carbonyl (C=O) groups excluding carboxylic acids is 1. The Bertz CT molecular complexity index is 1230. The fourth-order valence-electron chi connectivity index (χ4n) is 3.15. The van der Waals surface area contributed by atoms with Crippen LogP contribution < -0.4 is 15.4 Å². The Morgan fingerprint density at radius 2 is 1.44 bits per heavy atom. The van der Waals surface area contributed by atoms with Crippen LogP contribution >= 0.6 is 31.9 Å². The maximum Gasteiger partial charge on any atom is 0.290 e. The van der Waals surface area contributed by atoms with E-state index in [2.05, 4.69) is 52.6 Å². The number of anilines is 2. The summed E-state index contributed by atoms with van der Waals surface area (Å²) in [5.74, 6) is 0.976. The van der Waals surface area contributed by atoms with Crippen molar-refractivity contribution in [1.29, 1.82) is 0 Å². The van der Waals surface area contributed by atoms with Crippen molar-refractivity contribution in [1.82, 2.24) is 14.8 Å². The monoisotopic (exact) mass is 583 g/mol. The van der Waals surface area contributed by atoms with Crippen molar-refractivity contribution >= 4 is 49.7 Å². The summed E-state index contributed by atoms with van der Waals surface area (Å²) in [6.45, 7) is 2.71. The van der Waals surface area contributed by atoms with Crippen LogP contribution in [0.5, 0.6) is 5.75 Å². The number of aromatic nitrogens is 3. The summed E-state index contributed by atoms with van der Waals surface area (Å²) in [5.41, 5.74) is 2.11. The molecule has 9 heteroatoms. The minimum Gasteiger partial charge on any atom is -0.481 e. The van der Waals surface area contributed by atoms with Crippen LogP contribution in [0, 0.1) is 0 Å². The lowest BCUT2D eigenvalue weighted by Crippen LogP contribution is -2.31. The molecule has 2 N–H and O–H groups in total. The number of nitrogens with zero attached hydrogens (tertiary/aromatic N) is 3. The standard InChI is InChI=1S/C25H23Br2N5O2/c1-17(34-22-5-3-2-4-6-22)23(33)32-25(29-16-19-9-13-21(27)14-10-19)30-24(31-32)28-15-18-7-11-20(26)12-8-18/h2-14,17H,15-16H2,1H3,(H2,28,29,30,31)/t17-/m0/s1.